The van der Waals surface area contributed by atoms with Gasteiger partial charge in [-0.2, -0.15) is 0 Å². The minimum absolute atomic E-state index is 0. The lowest BCUT2D eigenvalue weighted by molar-refractivity contribution is 0.137. The van der Waals surface area contributed by atoms with E-state index in [0.717, 1.165) is 13.2 Å². The lowest BCUT2D eigenvalue weighted by atomic mass is 10.6. The largest absolute Gasteiger partial charge is 1.00 e. The molecule has 1 aliphatic rings. The van der Waals surface area contributed by atoms with Gasteiger partial charge in [0.25, 0.3) is 0 Å². The van der Waals surface area contributed by atoms with Crippen LogP contribution in [0.4, 0.5) is 4.79 Å². The van der Waals surface area contributed by atoms with E-state index in [4.69, 9.17) is 15.0 Å². The smallest absolute Gasteiger partial charge is 0.450 e. The Bertz CT molecular complexity index is 171. The number of carboxylic acid groups (broad SMARTS) is 2. The van der Waals surface area contributed by atoms with Crippen molar-refractivity contribution in [2.45, 2.75) is 6.92 Å². The van der Waals surface area contributed by atoms with E-state index in [2.05, 4.69) is 36.2 Å². The molecule has 1 rings (SSSR count). The monoisotopic (exact) mass is 175 g/mol. The van der Waals surface area contributed by atoms with Crippen molar-refractivity contribution in [3.8, 4) is 0 Å². The molecule has 0 atom stereocenters. The summed E-state index contributed by atoms with van der Waals surface area (Å²) in [5.41, 5.74) is 0. The molecule has 12 heavy (non-hydrogen) atoms. The van der Waals surface area contributed by atoms with Crippen LogP contribution in [0.15, 0.2) is 12.4 Å². The molecule has 70 valence electrons. The second kappa shape index (κ2) is 5.29. The predicted octanol–water partition coefficient (Wildman–Crippen LogP) is 1.02. The third-order valence-electron chi connectivity index (χ3n) is 1.34. The summed E-state index contributed by atoms with van der Waals surface area (Å²) in [6, 6.07) is 0. The van der Waals surface area contributed by atoms with Crippen molar-refractivity contribution in [3.05, 3.63) is 12.4 Å². The van der Waals surface area contributed by atoms with Crippen molar-refractivity contribution < 1.29 is 16.4 Å². The molecule has 0 aromatic rings. The van der Waals surface area contributed by atoms with Crippen LogP contribution in [-0.4, -0.2) is 46.4 Å². The van der Waals surface area contributed by atoms with E-state index in [-0.39, 0.29) is 1.43 Å². The van der Waals surface area contributed by atoms with E-state index < -0.39 is 6.16 Å². The van der Waals surface area contributed by atoms with E-state index in [0.29, 0.717) is 0 Å². The van der Waals surface area contributed by atoms with Gasteiger partial charge in [-0.25, -0.2) is 4.79 Å². The molecule has 0 radical (unpaired) electrons. The number of hydrogen-bond acceptors (Lipinski definition) is 3. The Kier molecular flexibility index (Phi) is 4.67. The molecule has 2 N–H and O–H groups in total. The van der Waals surface area contributed by atoms with Gasteiger partial charge in [0.1, 0.15) is 0 Å². The van der Waals surface area contributed by atoms with Crippen molar-refractivity contribution in [2.75, 3.05) is 20.3 Å². The molecule has 0 unspecified atom stereocenters. The molecule has 0 saturated carbocycles. The first-order valence-electron chi connectivity index (χ1n) is 3.60. The molecular formula is C7H15N2O3+. The van der Waals surface area contributed by atoms with Crippen molar-refractivity contribution in [1.29, 1.82) is 0 Å². The van der Waals surface area contributed by atoms with Crippen LogP contribution in [0.2, 0.25) is 0 Å². The van der Waals surface area contributed by atoms with Gasteiger partial charge in [0.2, 0.25) is 0 Å². The van der Waals surface area contributed by atoms with E-state index in [1.165, 1.54) is 0 Å². The van der Waals surface area contributed by atoms with E-state index in [1.54, 1.807) is 0 Å². The lowest BCUT2D eigenvalue weighted by Gasteiger charge is -2.14. The van der Waals surface area contributed by atoms with Crippen LogP contribution in [0.5, 0.6) is 0 Å². The van der Waals surface area contributed by atoms with Crippen LogP contribution in [0.25, 0.3) is 0 Å². The van der Waals surface area contributed by atoms with Gasteiger partial charge in [0.05, 0.1) is 6.67 Å². The minimum atomic E-state index is -1.83. The summed E-state index contributed by atoms with van der Waals surface area (Å²) in [7, 11) is 2.08. The minimum Gasteiger partial charge on any atom is -0.450 e. The summed E-state index contributed by atoms with van der Waals surface area (Å²) in [4.78, 5) is 13.0. The van der Waals surface area contributed by atoms with Gasteiger partial charge in [0, 0.05) is 26.0 Å². The first kappa shape index (κ1) is 10.6. The predicted molar refractivity (Wildman–Crippen MR) is 45.9 cm³/mol. The SMILES string of the molecule is CCN1C=CN(C)C1.O=C(O)O.[H+]. The van der Waals surface area contributed by atoms with E-state index in [9.17, 15) is 0 Å². The fourth-order valence-corrected chi connectivity index (χ4v) is 0.794. The van der Waals surface area contributed by atoms with Crippen molar-refractivity contribution >= 4 is 6.16 Å². The standard InChI is InChI=1S/C6H12N2.CH2O3/c1-3-8-5-4-7(2)6-8;2-1(3)4/h4-5H,3,6H2,1-2H3;(H2,2,3,4)/p+1. The molecule has 0 spiro atoms. The second-order valence-electron chi connectivity index (χ2n) is 2.38. The topological polar surface area (TPSA) is 64.0 Å². The Labute approximate surface area is 73.0 Å². The zero-order valence-electron chi connectivity index (χ0n) is 8.27. The normalized spacial score (nSPS) is 14.2. The first-order valence-corrected chi connectivity index (χ1v) is 3.60. The van der Waals surface area contributed by atoms with Crippen LogP contribution in [0, 0.1) is 0 Å². The molecule has 0 aliphatic carbocycles. The van der Waals surface area contributed by atoms with Crippen LogP contribution in [0.1, 0.15) is 8.35 Å². The fourth-order valence-electron chi connectivity index (χ4n) is 0.794. The molecule has 1 aliphatic heterocycles. The molecule has 0 bridgehead atoms. The Morgan fingerprint density at radius 1 is 1.58 bits per heavy atom. The maximum absolute atomic E-state index is 8.56. The summed E-state index contributed by atoms with van der Waals surface area (Å²) in [5, 5.41) is 13.9. The molecule has 0 amide bonds. The van der Waals surface area contributed by atoms with E-state index >= 15 is 0 Å². The van der Waals surface area contributed by atoms with Gasteiger partial charge in [-0.05, 0) is 6.92 Å². The average molecular weight is 175 g/mol. The van der Waals surface area contributed by atoms with Crippen LogP contribution in [0.3, 0.4) is 0 Å². The summed E-state index contributed by atoms with van der Waals surface area (Å²) in [5.74, 6) is 0. The maximum atomic E-state index is 8.56. The van der Waals surface area contributed by atoms with Gasteiger partial charge in [-0.1, -0.05) is 0 Å². The molecule has 5 heteroatoms. The quantitative estimate of drug-likeness (QED) is 0.622. The van der Waals surface area contributed by atoms with Gasteiger partial charge in [-0.15, -0.1) is 0 Å². The van der Waals surface area contributed by atoms with Crippen molar-refractivity contribution in [2.24, 2.45) is 0 Å². The highest BCUT2D eigenvalue weighted by atomic mass is 16.6. The number of nitrogens with zero attached hydrogens (tertiary/aromatic N) is 2. The molecular weight excluding hydrogens is 160 g/mol. The molecule has 1 heterocycles. The summed E-state index contributed by atoms with van der Waals surface area (Å²) >= 11 is 0. The van der Waals surface area contributed by atoms with Gasteiger partial charge >= 0.3 is 7.58 Å². The molecule has 5 nitrogen and oxygen atoms in total. The Morgan fingerprint density at radius 3 is 2.25 bits per heavy atom. The maximum Gasteiger partial charge on any atom is 1.00 e. The third kappa shape index (κ3) is 5.40. The Hall–Kier alpha value is -1.39. The van der Waals surface area contributed by atoms with E-state index in [1.807, 2.05) is 0 Å². The summed E-state index contributed by atoms with van der Waals surface area (Å²) in [6.45, 7) is 4.32. The highest BCUT2D eigenvalue weighted by molar-refractivity contribution is 5.53. The highest BCUT2D eigenvalue weighted by Crippen LogP contribution is 2.00. The molecule has 0 aromatic carbocycles. The molecule has 0 saturated heterocycles. The van der Waals surface area contributed by atoms with Gasteiger partial charge in [-0.3, -0.25) is 0 Å². The van der Waals surface area contributed by atoms with Gasteiger partial charge in [0.15, 0.2) is 0 Å². The average Bonchev–Trinajstić information content (AvgIpc) is 2.34. The molecule has 0 fully saturated rings. The zero-order chi connectivity index (χ0) is 9.56. The molecule has 0 aromatic heterocycles. The number of carbonyl (C=O) groups is 1. The first-order chi connectivity index (χ1) is 5.56. The Balaban J connectivity index is 0. The third-order valence-corrected chi connectivity index (χ3v) is 1.34. The zero-order valence-corrected chi connectivity index (χ0v) is 7.27. The number of rotatable bonds is 1. The van der Waals surface area contributed by atoms with Crippen LogP contribution in [-0.2, 0) is 0 Å². The van der Waals surface area contributed by atoms with Crippen molar-refractivity contribution in [1.82, 2.24) is 9.80 Å². The van der Waals surface area contributed by atoms with Crippen LogP contribution < -0.4 is 0 Å². The van der Waals surface area contributed by atoms with Crippen molar-refractivity contribution in [3.63, 3.8) is 0 Å². The summed E-state index contributed by atoms with van der Waals surface area (Å²) < 4.78 is 0. The Morgan fingerprint density at radius 2 is 2.08 bits per heavy atom. The summed E-state index contributed by atoms with van der Waals surface area (Å²) in [6.07, 6.45) is 2.36. The highest BCUT2D eigenvalue weighted by Gasteiger charge is 2.03. The second-order valence-corrected chi connectivity index (χ2v) is 2.38. The van der Waals surface area contributed by atoms with Gasteiger partial charge < -0.3 is 20.0 Å². The fraction of sp³-hybridized carbons (Fsp3) is 0.571. The lowest BCUT2D eigenvalue weighted by Crippen LogP contribution is -2.21. The number of hydrogen-bond donors (Lipinski definition) is 2. The van der Waals surface area contributed by atoms with Crippen LogP contribution >= 0.6 is 0 Å².